The number of hydrogen-bond acceptors (Lipinski definition) is 4. The van der Waals surface area contributed by atoms with Crippen molar-refractivity contribution >= 4 is 5.97 Å². The molecule has 0 spiro atoms. The van der Waals surface area contributed by atoms with Gasteiger partial charge in [0.1, 0.15) is 6.04 Å². The highest BCUT2D eigenvalue weighted by atomic mass is 16.5. The Hall–Kier alpha value is -1.90. The van der Waals surface area contributed by atoms with Crippen molar-refractivity contribution in [3.8, 4) is 6.07 Å². The molecule has 2 atom stereocenters. The van der Waals surface area contributed by atoms with Gasteiger partial charge in [-0.2, -0.15) is 5.26 Å². The van der Waals surface area contributed by atoms with Crippen LogP contribution in [0.3, 0.4) is 0 Å². The summed E-state index contributed by atoms with van der Waals surface area (Å²) in [6.45, 7) is 0.998. The number of rotatable bonds is 4. The van der Waals surface area contributed by atoms with Crippen LogP contribution in [0.1, 0.15) is 17.5 Å². The molecule has 0 radical (unpaired) electrons. The van der Waals surface area contributed by atoms with E-state index in [-0.39, 0.29) is 6.10 Å². The van der Waals surface area contributed by atoms with Gasteiger partial charge >= 0.3 is 5.97 Å². The van der Waals surface area contributed by atoms with Crippen LogP contribution < -0.4 is 5.32 Å². The van der Waals surface area contributed by atoms with E-state index in [1.165, 1.54) is 0 Å². The Morgan fingerprint density at radius 3 is 2.78 bits per heavy atom. The number of ether oxygens (including phenoxy) is 1. The minimum atomic E-state index is -0.834. The lowest BCUT2D eigenvalue weighted by Crippen LogP contribution is -2.29. The highest BCUT2D eigenvalue weighted by Crippen LogP contribution is 2.13. The van der Waals surface area contributed by atoms with Crippen molar-refractivity contribution in [2.24, 2.45) is 0 Å². The summed E-state index contributed by atoms with van der Waals surface area (Å²) in [6, 6.07) is 8.72. The number of carboxylic acid groups (broad SMARTS) is 1. The highest BCUT2D eigenvalue weighted by Gasteiger charge is 2.29. The summed E-state index contributed by atoms with van der Waals surface area (Å²) >= 11 is 0. The summed E-state index contributed by atoms with van der Waals surface area (Å²) in [7, 11) is 0. The largest absolute Gasteiger partial charge is 0.480 e. The van der Waals surface area contributed by atoms with Crippen LogP contribution in [0.25, 0.3) is 0 Å². The Kier molecular flexibility index (Phi) is 3.92. The van der Waals surface area contributed by atoms with E-state index in [1.54, 1.807) is 12.1 Å². The van der Waals surface area contributed by atoms with E-state index in [1.807, 2.05) is 12.1 Å². The highest BCUT2D eigenvalue weighted by molar-refractivity contribution is 5.73. The zero-order chi connectivity index (χ0) is 13.0. The second kappa shape index (κ2) is 5.63. The van der Waals surface area contributed by atoms with Crippen molar-refractivity contribution in [1.29, 1.82) is 5.26 Å². The molecule has 0 aliphatic carbocycles. The third kappa shape index (κ3) is 3.06. The fourth-order valence-electron chi connectivity index (χ4n) is 1.91. The number of aliphatic carboxylic acids is 1. The lowest BCUT2D eigenvalue weighted by Gasteiger charge is -2.10. The van der Waals surface area contributed by atoms with Crippen LogP contribution in [0.5, 0.6) is 0 Å². The van der Waals surface area contributed by atoms with Crippen molar-refractivity contribution in [3.63, 3.8) is 0 Å². The predicted molar refractivity (Wildman–Crippen MR) is 63.8 cm³/mol. The lowest BCUT2D eigenvalue weighted by atomic mass is 10.1. The van der Waals surface area contributed by atoms with E-state index in [9.17, 15) is 4.79 Å². The van der Waals surface area contributed by atoms with Crippen LogP contribution in [0.4, 0.5) is 0 Å². The number of nitrogens with one attached hydrogen (secondary N) is 1. The van der Waals surface area contributed by atoms with E-state index in [0.717, 1.165) is 5.56 Å². The first-order valence-corrected chi connectivity index (χ1v) is 5.76. The number of carbonyl (C=O) groups is 1. The van der Waals surface area contributed by atoms with Gasteiger partial charge in [0.25, 0.3) is 0 Å². The van der Waals surface area contributed by atoms with Gasteiger partial charge in [0.05, 0.1) is 24.3 Å². The fraction of sp³-hybridized carbons (Fsp3) is 0.385. The SMILES string of the molecule is N#Cc1ccc(COC2CNC(C(=O)O)C2)cc1. The maximum Gasteiger partial charge on any atom is 0.320 e. The zero-order valence-corrected chi connectivity index (χ0v) is 9.80. The second-order valence-electron chi connectivity index (χ2n) is 4.28. The average Bonchev–Trinajstić information content (AvgIpc) is 2.86. The van der Waals surface area contributed by atoms with Crippen LogP contribution in [0.15, 0.2) is 24.3 Å². The molecular formula is C13H14N2O3. The zero-order valence-electron chi connectivity index (χ0n) is 9.80. The van der Waals surface area contributed by atoms with Crippen molar-refractivity contribution in [2.45, 2.75) is 25.2 Å². The van der Waals surface area contributed by atoms with Gasteiger partial charge in [-0.3, -0.25) is 4.79 Å². The van der Waals surface area contributed by atoms with Crippen molar-refractivity contribution in [1.82, 2.24) is 5.32 Å². The summed E-state index contributed by atoms with van der Waals surface area (Å²) < 4.78 is 5.63. The average molecular weight is 246 g/mol. The van der Waals surface area contributed by atoms with Gasteiger partial charge in [0.15, 0.2) is 0 Å². The van der Waals surface area contributed by atoms with Gasteiger partial charge in [0, 0.05) is 13.0 Å². The van der Waals surface area contributed by atoms with Crippen molar-refractivity contribution in [3.05, 3.63) is 35.4 Å². The Balaban J connectivity index is 1.82. The molecule has 2 rings (SSSR count). The topological polar surface area (TPSA) is 82.3 Å². The maximum absolute atomic E-state index is 10.7. The molecule has 0 amide bonds. The predicted octanol–water partition coefficient (Wildman–Crippen LogP) is 0.890. The number of hydrogen-bond donors (Lipinski definition) is 2. The molecule has 1 saturated heterocycles. The first-order valence-electron chi connectivity index (χ1n) is 5.76. The Morgan fingerprint density at radius 2 is 2.22 bits per heavy atom. The van der Waals surface area contributed by atoms with Gasteiger partial charge in [-0.15, -0.1) is 0 Å². The smallest absolute Gasteiger partial charge is 0.320 e. The van der Waals surface area contributed by atoms with E-state index in [4.69, 9.17) is 15.1 Å². The summed E-state index contributed by atoms with van der Waals surface area (Å²) in [6.07, 6.45) is 0.424. The van der Waals surface area contributed by atoms with Crippen LogP contribution in [-0.4, -0.2) is 29.8 Å². The molecule has 2 N–H and O–H groups in total. The molecule has 1 aromatic carbocycles. The van der Waals surface area contributed by atoms with Crippen LogP contribution in [-0.2, 0) is 16.1 Å². The lowest BCUT2D eigenvalue weighted by molar-refractivity contribution is -0.139. The molecule has 2 unspecified atom stereocenters. The third-order valence-electron chi connectivity index (χ3n) is 2.96. The number of benzene rings is 1. The normalized spacial score (nSPS) is 22.6. The first kappa shape index (κ1) is 12.6. The van der Waals surface area contributed by atoms with Gasteiger partial charge in [0.2, 0.25) is 0 Å². The molecule has 1 aromatic rings. The molecule has 1 heterocycles. The molecule has 0 bridgehead atoms. The monoisotopic (exact) mass is 246 g/mol. The molecule has 0 saturated carbocycles. The summed E-state index contributed by atoms with van der Waals surface area (Å²) in [5.74, 6) is -0.834. The van der Waals surface area contributed by atoms with Gasteiger partial charge in [-0.25, -0.2) is 0 Å². The van der Waals surface area contributed by atoms with E-state index in [2.05, 4.69) is 11.4 Å². The molecule has 1 aliphatic heterocycles. The Bertz CT molecular complexity index is 464. The minimum absolute atomic E-state index is 0.0678. The Labute approximate surface area is 105 Å². The second-order valence-corrected chi connectivity index (χ2v) is 4.28. The molecule has 1 aliphatic rings. The molecular weight excluding hydrogens is 232 g/mol. The van der Waals surface area contributed by atoms with Crippen molar-refractivity contribution in [2.75, 3.05) is 6.54 Å². The van der Waals surface area contributed by atoms with Crippen LogP contribution >= 0.6 is 0 Å². The standard InChI is InChI=1S/C13H14N2O3/c14-6-9-1-3-10(4-2-9)8-18-11-5-12(13(16)17)15-7-11/h1-4,11-12,15H,5,7-8H2,(H,16,17). The van der Waals surface area contributed by atoms with Gasteiger partial charge in [-0.1, -0.05) is 12.1 Å². The van der Waals surface area contributed by atoms with Gasteiger partial charge < -0.3 is 15.2 Å². The summed E-state index contributed by atoms with van der Waals surface area (Å²) in [4.78, 5) is 10.7. The van der Waals surface area contributed by atoms with Crippen LogP contribution in [0.2, 0.25) is 0 Å². The molecule has 18 heavy (non-hydrogen) atoms. The Morgan fingerprint density at radius 1 is 1.50 bits per heavy atom. The summed E-state index contributed by atoms with van der Waals surface area (Å²) in [5, 5.41) is 20.4. The van der Waals surface area contributed by atoms with E-state index in [0.29, 0.717) is 25.1 Å². The van der Waals surface area contributed by atoms with E-state index < -0.39 is 12.0 Å². The number of nitriles is 1. The van der Waals surface area contributed by atoms with Gasteiger partial charge in [-0.05, 0) is 17.7 Å². The quantitative estimate of drug-likeness (QED) is 0.824. The molecule has 5 heteroatoms. The third-order valence-corrected chi connectivity index (χ3v) is 2.96. The minimum Gasteiger partial charge on any atom is -0.480 e. The maximum atomic E-state index is 10.7. The number of carboxylic acids is 1. The van der Waals surface area contributed by atoms with E-state index >= 15 is 0 Å². The molecule has 94 valence electrons. The first-order chi connectivity index (χ1) is 8.69. The molecule has 5 nitrogen and oxygen atoms in total. The summed E-state index contributed by atoms with van der Waals surface area (Å²) in [5.41, 5.74) is 1.60. The number of nitrogens with zero attached hydrogens (tertiary/aromatic N) is 1. The van der Waals surface area contributed by atoms with Crippen LogP contribution in [0, 0.1) is 11.3 Å². The molecule has 1 fully saturated rings. The van der Waals surface area contributed by atoms with Crippen molar-refractivity contribution < 1.29 is 14.6 Å². The molecule has 0 aromatic heterocycles. The fourth-order valence-corrected chi connectivity index (χ4v) is 1.91.